The summed E-state index contributed by atoms with van der Waals surface area (Å²) in [5, 5.41) is 9.39. The minimum Gasteiger partial charge on any atom is -0.508 e. The second-order valence-electron chi connectivity index (χ2n) is 4.40. The molecule has 0 aromatic heterocycles. The highest BCUT2D eigenvalue weighted by atomic mass is 16.5. The van der Waals surface area contributed by atoms with Crippen LogP contribution in [0.4, 0.5) is 0 Å². The average Bonchev–Trinajstić information content (AvgIpc) is 2.51. The van der Waals surface area contributed by atoms with Gasteiger partial charge in [-0.25, -0.2) is 0 Å². The van der Waals surface area contributed by atoms with Crippen molar-refractivity contribution in [1.29, 1.82) is 0 Å². The summed E-state index contributed by atoms with van der Waals surface area (Å²) in [4.78, 5) is 11.9. The number of carbonyl (C=O) groups excluding carboxylic acids is 1. The van der Waals surface area contributed by atoms with Crippen LogP contribution in [-0.2, 0) is 22.6 Å². The molecular weight excluding hydrogens is 254 g/mol. The molecule has 2 aromatic rings. The molecule has 0 saturated carbocycles. The van der Waals surface area contributed by atoms with Crippen molar-refractivity contribution in [3.8, 4) is 5.75 Å². The van der Waals surface area contributed by atoms with Crippen molar-refractivity contribution >= 4 is 5.97 Å². The molecule has 1 atom stereocenters. The lowest BCUT2D eigenvalue weighted by Crippen LogP contribution is -2.34. The highest BCUT2D eigenvalue weighted by molar-refractivity contribution is 5.75. The molecule has 0 aliphatic carbocycles. The van der Waals surface area contributed by atoms with Gasteiger partial charge in [0.1, 0.15) is 18.4 Å². The summed E-state index contributed by atoms with van der Waals surface area (Å²) in [6, 6.07) is 10.8. The lowest BCUT2D eigenvalue weighted by Gasteiger charge is -2.11. The smallest absolute Gasteiger partial charge is 0.323 e. The molecule has 2 rings (SSSR count). The van der Waals surface area contributed by atoms with Crippen molar-refractivity contribution in [1.82, 2.24) is 0 Å². The maximum absolute atomic E-state index is 11.9. The average molecular weight is 273 g/mol. The predicted molar refractivity (Wildman–Crippen MR) is 76.0 cm³/mol. The number of hydrogen-bond acceptors (Lipinski definition) is 4. The van der Waals surface area contributed by atoms with Crippen LogP contribution in [0.3, 0.4) is 0 Å². The highest BCUT2D eigenvalue weighted by Crippen LogP contribution is 2.11. The quantitative estimate of drug-likeness (QED) is 0.817. The Bertz CT molecular complexity index is 639. The summed E-state index contributed by atoms with van der Waals surface area (Å²) in [6.45, 7) is 0.149. The molecule has 0 aliphatic heterocycles. The Kier molecular flexibility index (Phi) is 3.86. The summed E-state index contributed by atoms with van der Waals surface area (Å²) in [5.41, 5.74) is 7.20. The van der Waals surface area contributed by atoms with Gasteiger partial charge in [-0.1, -0.05) is 42.5 Å². The molecule has 0 radical (unpaired) electrons. The highest BCUT2D eigenvalue weighted by Gasteiger charge is 2.15. The summed E-state index contributed by atoms with van der Waals surface area (Å²) in [7, 11) is 0. The molecule has 0 unspecified atom stereocenters. The summed E-state index contributed by atoms with van der Waals surface area (Å²) in [5.74, 6) is -0.932. The third kappa shape index (κ3) is 4.10. The van der Waals surface area contributed by atoms with Crippen molar-refractivity contribution in [3.05, 3.63) is 65.7 Å². The lowest BCUT2D eigenvalue weighted by atomic mass is 10.1. The van der Waals surface area contributed by atoms with Crippen molar-refractivity contribution < 1.29 is 17.4 Å². The van der Waals surface area contributed by atoms with Crippen molar-refractivity contribution in [2.24, 2.45) is 5.73 Å². The first-order valence-electron chi connectivity index (χ1n) is 7.22. The molecule has 0 aliphatic rings. The number of hydrogen-bond donors (Lipinski definition) is 2. The number of nitrogens with two attached hydrogens (primary N) is 1. The molecule has 0 amide bonds. The van der Waals surface area contributed by atoms with E-state index in [9.17, 15) is 9.90 Å². The van der Waals surface area contributed by atoms with Crippen molar-refractivity contribution in [2.75, 3.05) is 0 Å². The molecule has 2 aromatic carbocycles. The van der Waals surface area contributed by atoms with Gasteiger partial charge < -0.3 is 15.6 Å². The largest absolute Gasteiger partial charge is 0.508 e. The maximum atomic E-state index is 11.9. The van der Waals surface area contributed by atoms with Gasteiger partial charge in [0.25, 0.3) is 0 Å². The predicted octanol–water partition coefficient (Wildman–Crippen LogP) is 2.01. The molecule has 4 heteroatoms. The molecular formula is C16H17NO3. The zero-order chi connectivity index (χ0) is 16.1. The van der Waals surface area contributed by atoms with E-state index in [0.717, 1.165) is 5.56 Å². The lowest BCUT2D eigenvalue weighted by molar-refractivity contribution is -0.146. The van der Waals surface area contributed by atoms with Crippen molar-refractivity contribution in [3.63, 3.8) is 0 Å². The van der Waals surface area contributed by atoms with Gasteiger partial charge in [0, 0.05) is 0 Å². The molecule has 0 spiro atoms. The number of phenols is 1. The Hall–Kier alpha value is -2.33. The van der Waals surface area contributed by atoms with E-state index in [1.807, 2.05) is 30.3 Å². The molecule has 3 N–H and O–H groups in total. The summed E-state index contributed by atoms with van der Waals surface area (Å²) < 4.78 is 20.2. The minimum absolute atomic E-state index is 0.145. The van der Waals surface area contributed by atoms with E-state index in [0.29, 0.717) is 5.56 Å². The second-order valence-corrected chi connectivity index (χ2v) is 4.40. The summed E-state index contributed by atoms with van der Waals surface area (Å²) in [6.07, 6.45) is 0.145. The molecule has 0 bridgehead atoms. The van der Waals surface area contributed by atoms with Gasteiger partial charge in [0.05, 0.1) is 2.74 Å². The third-order valence-corrected chi connectivity index (χ3v) is 2.77. The number of carbonyl (C=O) groups is 1. The Morgan fingerprint density at radius 2 is 1.85 bits per heavy atom. The van der Waals surface area contributed by atoms with Crippen LogP contribution >= 0.6 is 0 Å². The van der Waals surface area contributed by atoms with Crippen LogP contribution in [0.5, 0.6) is 5.75 Å². The van der Waals surface area contributed by atoms with E-state index in [1.165, 1.54) is 12.1 Å². The van der Waals surface area contributed by atoms with Gasteiger partial charge in [-0.15, -0.1) is 0 Å². The van der Waals surface area contributed by atoms with Crippen LogP contribution in [0.2, 0.25) is 0 Å². The van der Waals surface area contributed by atoms with E-state index in [4.69, 9.17) is 13.2 Å². The third-order valence-electron chi connectivity index (χ3n) is 2.77. The Balaban J connectivity index is 1.94. The zero-order valence-corrected chi connectivity index (χ0v) is 10.9. The topological polar surface area (TPSA) is 72.6 Å². The fraction of sp³-hybridized carbons (Fsp3) is 0.188. The number of benzene rings is 2. The standard InChI is InChI=1S/C16H17NO3/c17-15(10-12-6-8-14(18)9-7-12)16(19)20-11-13-4-2-1-3-5-13/h1-9,15,18H,10-11,17H2/t15-/m0/s1/i8D,9D. The van der Waals surface area contributed by atoms with Gasteiger partial charge >= 0.3 is 5.97 Å². The van der Waals surface area contributed by atoms with Gasteiger partial charge in [-0.05, 0) is 29.6 Å². The number of ether oxygens (including phenoxy) is 1. The van der Waals surface area contributed by atoms with Crippen LogP contribution in [0, 0.1) is 0 Å². The molecule has 4 nitrogen and oxygen atoms in total. The van der Waals surface area contributed by atoms with Gasteiger partial charge in [-0.3, -0.25) is 4.79 Å². The molecule has 104 valence electrons. The second kappa shape index (κ2) is 6.73. The Labute approximate surface area is 120 Å². The Morgan fingerprint density at radius 3 is 2.50 bits per heavy atom. The van der Waals surface area contributed by atoms with Crippen LogP contribution in [-0.4, -0.2) is 17.1 Å². The molecule has 0 heterocycles. The van der Waals surface area contributed by atoms with Gasteiger partial charge in [-0.2, -0.15) is 0 Å². The number of phenolic OH excluding ortho intramolecular Hbond substituents is 1. The zero-order valence-electron chi connectivity index (χ0n) is 12.9. The minimum atomic E-state index is -0.882. The first kappa shape index (κ1) is 11.5. The van der Waals surface area contributed by atoms with E-state index >= 15 is 0 Å². The van der Waals surface area contributed by atoms with Crippen LogP contribution in [0.25, 0.3) is 0 Å². The maximum Gasteiger partial charge on any atom is 0.323 e. The van der Waals surface area contributed by atoms with Crippen LogP contribution < -0.4 is 5.73 Å². The number of aromatic hydroxyl groups is 1. The monoisotopic (exact) mass is 273 g/mol. The molecule has 20 heavy (non-hydrogen) atoms. The van der Waals surface area contributed by atoms with Crippen LogP contribution in [0.15, 0.2) is 54.5 Å². The molecule has 0 saturated heterocycles. The van der Waals surface area contributed by atoms with Gasteiger partial charge in [0.2, 0.25) is 0 Å². The van der Waals surface area contributed by atoms with E-state index in [1.54, 1.807) is 0 Å². The van der Waals surface area contributed by atoms with Crippen molar-refractivity contribution in [2.45, 2.75) is 19.1 Å². The molecule has 0 fully saturated rings. The Morgan fingerprint density at radius 1 is 1.20 bits per heavy atom. The number of rotatable bonds is 5. The SMILES string of the molecule is [2H]c1cc(C[C@H](N)C(=O)OCc2ccccc2)cc([2H])c1O. The summed E-state index contributed by atoms with van der Waals surface area (Å²) >= 11 is 0. The van der Waals surface area contributed by atoms with Crippen LogP contribution in [0.1, 0.15) is 13.9 Å². The van der Waals surface area contributed by atoms with E-state index in [2.05, 4.69) is 0 Å². The first-order chi connectivity index (χ1) is 10.5. The van der Waals surface area contributed by atoms with Gasteiger partial charge in [0.15, 0.2) is 0 Å². The normalized spacial score (nSPS) is 13.2. The first-order valence-corrected chi connectivity index (χ1v) is 6.22. The van der Waals surface area contributed by atoms with E-state index < -0.39 is 12.0 Å². The number of esters is 1. The fourth-order valence-electron chi connectivity index (χ4n) is 1.70. The fourth-order valence-corrected chi connectivity index (χ4v) is 1.70. The van der Waals surface area contributed by atoms with E-state index in [-0.39, 0.29) is 30.9 Å².